The largest absolute Gasteiger partial charge is 0.389 e. The van der Waals surface area contributed by atoms with E-state index >= 15 is 0 Å². The summed E-state index contributed by atoms with van der Waals surface area (Å²) in [6, 6.07) is 7.24. The van der Waals surface area contributed by atoms with Crippen molar-refractivity contribution in [1.29, 1.82) is 0 Å². The van der Waals surface area contributed by atoms with E-state index in [4.69, 9.17) is 0 Å². The van der Waals surface area contributed by atoms with Gasteiger partial charge in [0.25, 0.3) is 0 Å². The Morgan fingerprint density at radius 3 is 2.53 bits per heavy atom. The Hall–Kier alpha value is -1.35. The van der Waals surface area contributed by atoms with Crippen LogP contribution < -0.4 is 5.32 Å². The first-order chi connectivity index (χ1) is 7.00. The van der Waals surface area contributed by atoms with Gasteiger partial charge >= 0.3 is 0 Å². The van der Waals surface area contributed by atoms with Gasteiger partial charge in [0, 0.05) is 11.6 Å². The smallest absolute Gasteiger partial charge is 0.226 e. The van der Waals surface area contributed by atoms with Crippen molar-refractivity contribution in [2.24, 2.45) is 5.92 Å². The molecule has 0 unspecified atom stereocenters. The zero-order valence-electron chi connectivity index (χ0n) is 9.32. The molecule has 1 atom stereocenters. The van der Waals surface area contributed by atoms with Crippen molar-refractivity contribution in [3.63, 3.8) is 0 Å². The van der Waals surface area contributed by atoms with Gasteiger partial charge in [-0.1, -0.05) is 26.0 Å². The molecule has 3 nitrogen and oxygen atoms in total. The van der Waals surface area contributed by atoms with Crippen LogP contribution in [0, 0.1) is 5.92 Å². The predicted molar refractivity (Wildman–Crippen MR) is 60.5 cm³/mol. The Balaban J connectivity index is 2.78. The maximum absolute atomic E-state index is 11.4. The highest BCUT2D eigenvalue weighted by Crippen LogP contribution is 2.17. The Bertz CT molecular complexity index is 345. The summed E-state index contributed by atoms with van der Waals surface area (Å²) in [4.78, 5) is 11.4. The standard InChI is InChI=1S/C12H17NO2/c1-8(2)12(15)13-11-6-4-5-10(7-11)9(3)14/h4-9,14H,1-3H3,(H,13,15)/t9-/m0/s1. The molecule has 0 aromatic heterocycles. The van der Waals surface area contributed by atoms with Crippen LogP contribution in [0.5, 0.6) is 0 Å². The van der Waals surface area contributed by atoms with Crippen molar-refractivity contribution in [2.75, 3.05) is 5.32 Å². The lowest BCUT2D eigenvalue weighted by Gasteiger charge is -2.10. The topological polar surface area (TPSA) is 49.3 Å². The highest BCUT2D eigenvalue weighted by molar-refractivity contribution is 5.92. The SMILES string of the molecule is CC(C)C(=O)Nc1cccc([C@H](C)O)c1. The number of hydrogen-bond acceptors (Lipinski definition) is 2. The van der Waals surface area contributed by atoms with E-state index in [1.54, 1.807) is 13.0 Å². The van der Waals surface area contributed by atoms with Gasteiger partial charge in [0.05, 0.1) is 6.10 Å². The molecule has 0 saturated heterocycles. The van der Waals surface area contributed by atoms with Crippen LogP contribution in [-0.2, 0) is 4.79 Å². The Morgan fingerprint density at radius 2 is 2.00 bits per heavy atom. The number of carbonyl (C=O) groups excluding carboxylic acids is 1. The molecule has 3 heteroatoms. The lowest BCUT2D eigenvalue weighted by atomic mass is 10.1. The number of anilines is 1. The van der Waals surface area contributed by atoms with Crippen molar-refractivity contribution in [3.8, 4) is 0 Å². The number of carbonyl (C=O) groups is 1. The van der Waals surface area contributed by atoms with E-state index in [0.717, 1.165) is 11.3 Å². The van der Waals surface area contributed by atoms with Crippen LogP contribution in [0.4, 0.5) is 5.69 Å². The number of nitrogens with one attached hydrogen (secondary N) is 1. The summed E-state index contributed by atoms with van der Waals surface area (Å²) in [6.07, 6.45) is -0.513. The summed E-state index contributed by atoms with van der Waals surface area (Å²) in [6.45, 7) is 5.38. The van der Waals surface area contributed by atoms with Gasteiger partial charge in [-0.2, -0.15) is 0 Å². The zero-order valence-corrected chi connectivity index (χ0v) is 9.32. The summed E-state index contributed by atoms with van der Waals surface area (Å²) < 4.78 is 0. The van der Waals surface area contributed by atoms with E-state index in [0.29, 0.717) is 0 Å². The minimum absolute atomic E-state index is 0.0160. The summed E-state index contributed by atoms with van der Waals surface area (Å²) in [5, 5.41) is 12.2. The molecule has 0 aliphatic rings. The first-order valence-electron chi connectivity index (χ1n) is 5.09. The van der Waals surface area contributed by atoms with Crippen LogP contribution in [0.25, 0.3) is 0 Å². The fraction of sp³-hybridized carbons (Fsp3) is 0.417. The van der Waals surface area contributed by atoms with E-state index in [1.165, 1.54) is 0 Å². The van der Waals surface area contributed by atoms with Gasteiger partial charge in [-0.15, -0.1) is 0 Å². The van der Waals surface area contributed by atoms with Crippen LogP contribution in [0.1, 0.15) is 32.4 Å². The Labute approximate surface area is 90.1 Å². The third-order valence-electron chi connectivity index (χ3n) is 2.16. The molecule has 82 valence electrons. The van der Waals surface area contributed by atoms with Crippen LogP contribution >= 0.6 is 0 Å². The molecule has 0 aliphatic carbocycles. The summed E-state index contributed by atoms with van der Waals surface area (Å²) in [5.41, 5.74) is 1.53. The number of aliphatic hydroxyl groups is 1. The average Bonchev–Trinajstić information content (AvgIpc) is 2.18. The van der Waals surface area contributed by atoms with Gasteiger partial charge in [0.1, 0.15) is 0 Å². The molecule has 0 spiro atoms. The van der Waals surface area contributed by atoms with Crippen LogP contribution in [0.2, 0.25) is 0 Å². The maximum atomic E-state index is 11.4. The second-order valence-corrected chi connectivity index (χ2v) is 3.95. The number of rotatable bonds is 3. The van der Waals surface area contributed by atoms with E-state index in [1.807, 2.05) is 32.0 Å². The molecule has 2 N–H and O–H groups in total. The molecule has 0 heterocycles. The average molecular weight is 207 g/mol. The van der Waals surface area contributed by atoms with Crippen LogP contribution in [0.15, 0.2) is 24.3 Å². The molecule has 15 heavy (non-hydrogen) atoms. The van der Waals surface area contributed by atoms with E-state index < -0.39 is 6.10 Å². The number of hydrogen-bond donors (Lipinski definition) is 2. The highest BCUT2D eigenvalue weighted by atomic mass is 16.3. The van der Waals surface area contributed by atoms with Gasteiger partial charge in [-0.3, -0.25) is 4.79 Å². The predicted octanol–water partition coefficient (Wildman–Crippen LogP) is 2.33. The van der Waals surface area contributed by atoms with E-state index in [2.05, 4.69) is 5.32 Å². The fourth-order valence-corrected chi connectivity index (χ4v) is 1.16. The van der Waals surface area contributed by atoms with Crippen molar-refractivity contribution in [3.05, 3.63) is 29.8 Å². The lowest BCUT2D eigenvalue weighted by Crippen LogP contribution is -2.17. The monoisotopic (exact) mass is 207 g/mol. The molecule has 1 aromatic carbocycles. The first-order valence-corrected chi connectivity index (χ1v) is 5.09. The van der Waals surface area contributed by atoms with Crippen molar-refractivity contribution < 1.29 is 9.90 Å². The van der Waals surface area contributed by atoms with Gasteiger partial charge in [0.15, 0.2) is 0 Å². The van der Waals surface area contributed by atoms with Crippen molar-refractivity contribution in [1.82, 2.24) is 0 Å². The van der Waals surface area contributed by atoms with Crippen LogP contribution in [-0.4, -0.2) is 11.0 Å². The molecule has 1 amide bonds. The summed E-state index contributed by atoms with van der Waals surface area (Å²) in [5.74, 6) is -0.0575. The van der Waals surface area contributed by atoms with Gasteiger partial charge < -0.3 is 10.4 Å². The van der Waals surface area contributed by atoms with Crippen molar-refractivity contribution >= 4 is 11.6 Å². The number of amides is 1. The number of aliphatic hydroxyl groups excluding tert-OH is 1. The highest BCUT2D eigenvalue weighted by Gasteiger charge is 2.08. The minimum atomic E-state index is -0.513. The molecule has 0 radical (unpaired) electrons. The molecule has 0 fully saturated rings. The zero-order chi connectivity index (χ0) is 11.4. The quantitative estimate of drug-likeness (QED) is 0.799. The minimum Gasteiger partial charge on any atom is -0.389 e. The normalized spacial score (nSPS) is 12.6. The number of benzene rings is 1. The molecular weight excluding hydrogens is 190 g/mol. The molecule has 1 aromatic rings. The molecular formula is C12H17NO2. The van der Waals surface area contributed by atoms with Gasteiger partial charge in [-0.05, 0) is 24.6 Å². The third-order valence-corrected chi connectivity index (χ3v) is 2.16. The second kappa shape index (κ2) is 4.94. The van der Waals surface area contributed by atoms with Crippen molar-refractivity contribution in [2.45, 2.75) is 26.9 Å². The maximum Gasteiger partial charge on any atom is 0.226 e. The molecule has 0 bridgehead atoms. The molecule has 1 rings (SSSR count). The van der Waals surface area contributed by atoms with Crippen LogP contribution in [0.3, 0.4) is 0 Å². The lowest BCUT2D eigenvalue weighted by molar-refractivity contribution is -0.118. The Kier molecular flexibility index (Phi) is 3.86. The summed E-state index contributed by atoms with van der Waals surface area (Å²) in [7, 11) is 0. The molecule has 0 saturated carbocycles. The Morgan fingerprint density at radius 1 is 1.33 bits per heavy atom. The first kappa shape index (κ1) is 11.7. The molecule has 0 aliphatic heterocycles. The summed E-state index contributed by atoms with van der Waals surface area (Å²) >= 11 is 0. The third kappa shape index (κ3) is 3.36. The van der Waals surface area contributed by atoms with Gasteiger partial charge in [0.2, 0.25) is 5.91 Å². The van der Waals surface area contributed by atoms with E-state index in [-0.39, 0.29) is 11.8 Å². The van der Waals surface area contributed by atoms with Gasteiger partial charge in [-0.25, -0.2) is 0 Å². The van der Waals surface area contributed by atoms with E-state index in [9.17, 15) is 9.90 Å². The second-order valence-electron chi connectivity index (χ2n) is 3.95. The fourth-order valence-electron chi connectivity index (χ4n) is 1.16.